The predicted octanol–water partition coefficient (Wildman–Crippen LogP) is -0.896. The summed E-state index contributed by atoms with van der Waals surface area (Å²) in [4.78, 5) is 24.0. The van der Waals surface area contributed by atoms with Crippen LogP contribution in [0.3, 0.4) is 0 Å². The quantitative estimate of drug-likeness (QED) is 0.607. The monoisotopic (exact) mass is 200 g/mol. The normalized spacial score (nSPS) is 26.4. The number of rotatable bonds is 2. The molecule has 1 aliphatic heterocycles. The summed E-state index contributed by atoms with van der Waals surface area (Å²) in [7, 11) is 0. The molecule has 1 fully saturated rings. The van der Waals surface area contributed by atoms with Gasteiger partial charge < -0.3 is 15.3 Å². The van der Waals surface area contributed by atoms with Crippen molar-refractivity contribution in [3.63, 3.8) is 0 Å². The highest BCUT2D eigenvalue weighted by atomic mass is 16.3. The van der Waals surface area contributed by atoms with E-state index in [0.29, 0.717) is 13.0 Å². The molecule has 0 aromatic heterocycles. The molecule has 2 N–H and O–H groups in total. The van der Waals surface area contributed by atoms with Crippen LogP contribution in [0, 0.1) is 0 Å². The summed E-state index contributed by atoms with van der Waals surface area (Å²) < 4.78 is 0. The molecule has 2 amide bonds. The number of amides is 2. The summed E-state index contributed by atoms with van der Waals surface area (Å²) in [5.74, 6) is -0.350. The predicted molar refractivity (Wildman–Crippen MR) is 50.5 cm³/mol. The van der Waals surface area contributed by atoms with Crippen LogP contribution < -0.4 is 5.32 Å². The highest BCUT2D eigenvalue weighted by molar-refractivity contribution is 5.87. The fourth-order valence-electron chi connectivity index (χ4n) is 1.70. The summed E-state index contributed by atoms with van der Waals surface area (Å²) in [5.41, 5.74) is 0. The summed E-state index contributed by atoms with van der Waals surface area (Å²) in [5, 5.41) is 12.0. The van der Waals surface area contributed by atoms with Gasteiger partial charge in [0.2, 0.25) is 11.8 Å². The van der Waals surface area contributed by atoms with Crippen LogP contribution in [0.4, 0.5) is 0 Å². The molecule has 5 nitrogen and oxygen atoms in total. The Hall–Kier alpha value is -1.10. The lowest BCUT2D eigenvalue weighted by molar-refractivity contribution is -0.136. The number of aliphatic hydroxyl groups is 1. The lowest BCUT2D eigenvalue weighted by atomic mass is 10.2. The Kier molecular flexibility index (Phi) is 3.46. The highest BCUT2D eigenvalue weighted by Gasteiger charge is 2.36. The van der Waals surface area contributed by atoms with Gasteiger partial charge >= 0.3 is 0 Å². The largest absolute Gasteiger partial charge is 0.391 e. The van der Waals surface area contributed by atoms with Crippen LogP contribution in [0.15, 0.2) is 0 Å². The number of carbonyl (C=O) groups excluding carboxylic acids is 2. The van der Waals surface area contributed by atoms with Crippen LogP contribution >= 0.6 is 0 Å². The molecule has 0 aliphatic carbocycles. The van der Waals surface area contributed by atoms with Crippen molar-refractivity contribution in [2.45, 2.75) is 32.4 Å². The van der Waals surface area contributed by atoms with Crippen LogP contribution in [0.2, 0.25) is 0 Å². The number of carbonyl (C=O) groups is 2. The van der Waals surface area contributed by atoms with Crippen molar-refractivity contribution >= 4 is 11.8 Å². The number of likely N-dealkylation sites (tertiary alicyclic amines) is 1. The van der Waals surface area contributed by atoms with Crippen molar-refractivity contribution in [3.05, 3.63) is 0 Å². The van der Waals surface area contributed by atoms with E-state index in [1.54, 1.807) is 0 Å². The molecule has 0 aromatic rings. The molecule has 0 bridgehead atoms. The van der Waals surface area contributed by atoms with Crippen molar-refractivity contribution in [3.8, 4) is 0 Å². The Bertz CT molecular complexity index is 242. The molecule has 1 heterocycles. The SMILES string of the molecule is CCNC(=O)C1C[C@@H](O)CN1C(C)=O. The van der Waals surface area contributed by atoms with Crippen LogP contribution in [0.5, 0.6) is 0 Å². The first-order valence-electron chi connectivity index (χ1n) is 4.79. The lowest BCUT2D eigenvalue weighted by Gasteiger charge is -2.21. The van der Waals surface area contributed by atoms with Crippen molar-refractivity contribution in [2.24, 2.45) is 0 Å². The van der Waals surface area contributed by atoms with Gasteiger partial charge in [-0.3, -0.25) is 9.59 Å². The van der Waals surface area contributed by atoms with E-state index in [0.717, 1.165) is 0 Å². The maximum absolute atomic E-state index is 11.5. The molecule has 1 saturated heterocycles. The number of β-amino-alcohol motifs (C(OH)–C–C–N with tert-alkyl or cyclic N) is 1. The Morgan fingerprint density at radius 3 is 2.71 bits per heavy atom. The second kappa shape index (κ2) is 4.41. The molecule has 80 valence electrons. The number of aliphatic hydroxyl groups excluding tert-OH is 1. The maximum atomic E-state index is 11.5. The van der Waals surface area contributed by atoms with E-state index in [9.17, 15) is 14.7 Å². The second-order valence-corrected chi connectivity index (χ2v) is 3.47. The number of likely N-dealkylation sites (N-methyl/N-ethyl adjacent to an activating group) is 1. The summed E-state index contributed by atoms with van der Waals surface area (Å²) in [6.45, 7) is 4.03. The third kappa shape index (κ3) is 2.23. The van der Waals surface area contributed by atoms with Gasteiger partial charge in [0.15, 0.2) is 0 Å². The van der Waals surface area contributed by atoms with Crippen LogP contribution in [-0.2, 0) is 9.59 Å². The smallest absolute Gasteiger partial charge is 0.242 e. The van der Waals surface area contributed by atoms with E-state index in [4.69, 9.17) is 0 Å². The summed E-state index contributed by atoms with van der Waals surface area (Å²) in [6, 6.07) is -0.498. The van der Waals surface area contributed by atoms with Crippen molar-refractivity contribution in [2.75, 3.05) is 13.1 Å². The van der Waals surface area contributed by atoms with E-state index in [2.05, 4.69) is 5.32 Å². The molecular weight excluding hydrogens is 184 g/mol. The summed E-state index contributed by atoms with van der Waals surface area (Å²) >= 11 is 0. The van der Waals surface area contributed by atoms with Crippen molar-refractivity contribution < 1.29 is 14.7 Å². The van der Waals surface area contributed by atoms with Gasteiger partial charge in [0.1, 0.15) is 6.04 Å². The minimum Gasteiger partial charge on any atom is -0.391 e. The first-order chi connectivity index (χ1) is 6.56. The Morgan fingerprint density at radius 1 is 1.57 bits per heavy atom. The van der Waals surface area contributed by atoms with Gasteiger partial charge in [-0.15, -0.1) is 0 Å². The van der Waals surface area contributed by atoms with Gasteiger partial charge in [-0.2, -0.15) is 0 Å². The van der Waals surface area contributed by atoms with Gasteiger partial charge in [0.25, 0.3) is 0 Å². The fourth-order valence-corrected chi connectivity index (χ4v) is 1.70. The van der Waals surface area contributed by atoms with Gasteiger partial charge in [0.05, 0.1) is 6.10 Å². The van der Waals surface area contributed by atoms with Crippen LogP contribution in [0.1, 0.15) is 20.3 Å². The number of nitrogens with zero attached hydrogens (tertiary/aromatic N) is 1. The van der Waals surface area contributed by atoms with Crippen LogP contribution in [0.25, 0.3) is 0 Å². The molecule has 5 heteroatoms. The Morgan fingerprint density at radius 2 is 2.21 bits per heavy atom. The van der Waals surface area contributed by atoms with Gasteiger partial charge in [-0.05, 0) is 6.92 Å². The molecule has 0 spiro atoms. The second-order valence-electron chi connectivity index (χ2n) is 3.47. The third-order valence-corrected chi connectivity index (χ3v) is 2.34. The third-order valence-electron chi connectivity index (χ3n) is 2.34. The molecule has 1 rings (SSSR count). The van der Waals surface area contributed by atoms with E-state index in [-0.39, 0.29) is 18.4 Å². The zero-order chi connectivity index (χ0) is 10.7. The molecule has 0 saturated carbocycles. The average Bonchev–Trinajstić information content (AvgIpc) is 2.48. The minimum absolute atomic E-state index is 0.169. The zero-order valence-corrected chi connectivity index (χ0v) is 8.49. The van der Waals surface area contributed by atoms with Crippen molar-refractivity contribution in [1.82, 2.24) is 10.2 Å². The Labute approximate surface area is 83.1 Å². The molecule has 0 radical (unpaired) electrons. The Balaban J connectivity index is 2.66. The lowest BCUT2D eigenvalue weighted by Crippen LogP contribution is -2.45. The van der Waals surface area contributed by atoms with E-state index < -0.39 is 12.1 Å². The topological polar surface area (TPSA) is 69.6 Å². The van der Waals surface area contributed by atoms with E-state index >= 15 is 0 Å². The van der Waals surface area contributed by atoms with E-state index in [1.165, 1.54) is 11.8 Å². The number of nitrogens with one attached hydrogen (secondary N) is 1. The first-order valence-corrected chi connectivity index (χ1v) is 4.79. The molecule has 1 unspecified atom stereocenters. The molecule has 2 atom stereocenters. The highest BCUT2D eigenvalue weighted by Crippen LogP contribution is 2.17. The average molecular weight is 200 g/mol. The number of hydrogen-bond donors (Lipinski definition) is 2. The molecule has 0 aromatic carbocycles. The number of hydrogen-bond acceptors (Lipinski definition) is 3. The van der Waals surface area contributed by atoms with Gasteiger partial charge in [-0.25, -0.2) is 0 Å². The first kappa shape index (κ1) is 11.0. The zero-order valence-electron chi connectivity index (χ0n) is 8.49. The minimum atomic E-state index is -0.577. The van der Waals surface area contributed by atoms with Gasteiger partial charge in [0, 0.05) is 26.4 Å². The molecular formula is C9H16N2O3. The van der Waals surface area contributed by atoms with Gasteiger partial charge in [-0.1, -0.05) is 0 Å². The molecule has 1 aliphatic rings. The van der Waals surface area contributed by atoms with Crippen molar-refractivity contribution in [1.29, 1.82) is 0 Å². The fraction of sp³-hybridized carbons (Fsp3) is 0.778. The standard InChI is InChI=1S/C9H16N2O3/c1-3-10-9(14)8-4-7(13)5-11(8)6(2)12/h7-8,13H,3-5H2,1-2H3,(H,10,14)/t7-,8?/m1/s1. The van der Waals surface area contributed by atoms with E-state index in [1.807, 2.05) is 6.92 Å². The summed E-state index contributed by atoms with van der Waals surface area (Å²) in [6.07, 6.45) is -0.239. The van der Waals surface area contributed by atoms with Crippen LogP contribution in [-0.4, -0.2) is 47.1 Å². The molecule has 14 heavy (non-hydrogen) atoms. The maximum Gasteiger partial charge on any atom is 0.242 e.